The van der Waals surface area contributed by atoms with Gasteiger partial charge in [0.15, 0.2) is 0 Å². The minimum absolute atomic E-state index is 0.199. The van der Waals surface area contributed by atoms with Crippen LogP contribution >= 0.6 is 11.3 Å². The molecule has 2 aliphatic heterocycles. The summed E-state index contributed by atoms with van der Waals surface area (Å²) in [5.41, 5.74) is 3.03. The summed E-state index contributed by atoms with van der Waals surface area (Å²) in [5.74, 6) is 0.774. The molecule has 5 nitrogen and oxygen atoms in total. The molecule has 1 saturated carbocycles. The summed E-state index contributed by atoms with van der Waals surface area (Å²) in [6.45, 7) is 4.70. The van der Waals surface area contributed by atoms with Crippen molar-refractivity contribution in [3.8, 4) is 0 Å². The van der Waals surface area contributed by atoms with E-state index in [4.69, 9.17) is 0 Å². The van der Waals surface area contributed by atoms with Crippen LogP contribution in [-0.2, 0) is 16.6 Å². The van der Waals surface area contributed by atoms with E-state index >= 15 is 0 Å². The molecular formula is C17H27N3O2S2. The zero-order chi connectivity index (χ0) is 16.7. The fourth-order valence-electron chi connectivity index (χ4n) is 4.81. The maximum Gasteiger partial charge on any atom is 0.214 e. The normalized spacial score (nSPS) is 29.5. The molecule has 1 aliphatic carbocycles. The highest BCUT2D eigenvalue weighted by atomic mass is 32.2. The first-order chi connectivity index (χ1) is 11.5. The van der Waals surface area contributed by atoms with Crippen LogP contribution in [0.5, 0.6) is 0 Å². The second-order valence-electron chi connectivity index (χ2n) is 7.58. The maximum absolute atomic E-state index is 12.9. The van der Waals surface area contributed by atoms with Crippen LogP contribution in [0, 0.1) is 12.8 Å². The molecule has 3 aliphatic rings. The Kier molecular flexibility index (Phi) is 4.71. The average Bonchev–Trinajstić information content (AvgIpc) is 3.27. The van der Waals surface area contributed by atoms with E-state index in [-0.39, 0.29) is 6.04 Å². The highest BCUT2D eigenvalue weighted by molar-refractivity contribution is 7.89. The van der Waals surface area contributed by atoms with E-state index in [0.29, 0.717) is 24.3 Å². The van der Waals surface area contributed by atoms with Crippen molar-refractivity contribution in [3.63, 3.8) is 0 Å². The smallest absolute Gasteiger partial charge is 0.214 e. The van der Waals surface area contributed by atoms with Gasteiger partial charge in [0.1, 0.15) is 0 Å². The highest BCUT2D eigenvalue weighted by Crippen LogP contribution is 2.36. The Morgan fingerprint density at radius 1 is 1.17 bits per heavy atom. The van der Waals surface area contributed by atoms with Gasteiger partial charge in [-0.1, -0.05) is 12.8 Å². The third-order valence-electron chi connectivity index (χ3n) is 6.11. The molecule has 1 aromatic heterocycles. The van der Waals surface area contributed by atoms with Crippen LogP contribution in [0.25, 0.3) is 0 Å². The van der Waals surface area contributed by atoms with E-state index in [2.05, 4.69) is 16.8 Å². The summed E-state index contributed by atoms with van der Waals surface area (Å²) in [5, 5.41) is 0. The van der Waals surface area contributed by atoms with Gasteiger partial charge in [-0.3, -0.25) is 4.90 Å². The van der Waals surface area contributed by atoms with Crippen LogP contribution in [0.3, 0.4) is 0 Å². The quantitative estimate of drug-likeness (QED) is 0.801. The van der Waals surface area contributed by atoms with Crippen LogP contribution in [-0.4, -0.2) is 53.5 Å². The Balaban J connectivity index is 1.43. The average molecular weight is 370 g/mol. The van der Waals surface area contributed by atoms with Crippen LogP contribution in [0.2, 0.25) is 0 Å². The molecule has 1 aromatic rings. The zero-order valence-electron chi connectivity index (χ0n) is 14.4. The van der Waals surface area contributed by atoms with Crippen molar-refractivity contribution in [2.24, 2.45) is 5.92 Å². The van der Waals surface area contributed by atoms with Gasteiger partial charge < -0.3 is 0 Å². The van der Waals surface area contributed by atoms with Gasteiger partial charge in [-0.25, -0.2) is 13.4 Å². The standard InChI is InChI=1S/C17H27N3O2S2/c1-13-17(23-12-18-13)10-19-8-6-16-15(19)7-9-20(16)24(21,22)11-14-4-2-3-5-14/h12,14-16H,2-11H2,1H3/t15-,16-/m0/s1. The molecule has 24 heavy (non-hydrogen) atoms. The zero-order valence-corrected chi connectivity index (χ0v) is 16.0. The number of sulfonamides is 1. The van der Waals surface area contributed by atoms with E-state index in [9.17, 15) is 8.42 Å². The van der Waals surface area contributed by atoms with E-state index in [1.807, 2.05) is 9.82 Å². The lowest BCUT2D eigenvalue weighted by molar-refractivity contribution is 0.241. The number of aryl methyl sites for hydroxylation is 1. The largest absolute Gasteiger partial charge is 0.294 e. The summed E-state index contributed by atoms with van der Waals surface area (Å²) in [6.07, 6.45) is 6.55. The minimum atomic E-state index is -3.09. The number of likely N-dealkylation sites (tertiary alicyclic amines) is 1. The Labute approximate surface area is 149 Å². The predicted octanol–water partition coefficient (Wildman–Crippen LogP) is 2.62. The third-order valence-corrected chi connectivity index (χ3v) is 9.09. The summed E-state index contributed by atoms with van der Waals surface area (Å²) >= 11 is 1.71. The third kappa shape index (κ3) is 3.16. The fourth-order valence-corrected chi connectivity index (χ4v) is 7.77. The first-order valence-corrected chi connectivity index (χ1v) is 11.7. The first-order valence-electron chi connectivity index (χ1n) is 9.17. The van der Waals surface area contributed by atoms with Gasteiger partial charge in [0, 0.05) is 36.6 Å². The second-order valence-corrected chi connectivity index (χ2v) is 10.5. The number of rotatable bonds is 5. The number of nitrogens with zero attached hydrogens (tertiary/aromatic N) is 3. The van der Waals surface area contributed by atoms with Crippen molar-refractivity contribution in [1.29, 1.82) is 0 Å². The Morgan fingerprint density at radius 3 is 2.62 bits per heavy atom. The van der Waals surface area contributed by atoms with Gasteiger partial charge >= 0.3 is 0 Å². The highest BCUT2D eigenvalue weighted by Gasteiger charge is 2.47. The SMILES string of the molecule is Cc1ncsc1CN1CC[C@H]2[C@@H]1CCN2S(=O)(=O)CC1CCCC1. The fraction of sp³-hybridized carbons (Fsp3) is 0.824. The summed E-state index contributed by atoms with van der Waals surface area (Å²) in [6, 6.07) is 0.592. The monoisotopic (exact) mass is 369 g/mol. The van der Waals surface area contributed by atoms with Crippen molar-refractivity contribution in [2.45, 2.75) is 64.1 Å². The lowest BCUT2D eigenvalue weighted by Gasteiger charge is -2.26. The second kappa shape index (κ2) is 6.67. The Hall–Kier alpha value is -0.500. The molecule has 2 saturated heterocycles. The molecule has 7 heteroatoms. The van der Waals surface area contributed by atoms with Crippen LogP contribution in [0.15, 0.2) is 5.51 Å². The van der Waals surface area contributed by atoms with Crippen molar-refractivity contribution >= 4 is 21.4 Å². The van der Waals surface area contributed by atoms with Gasteiger partial charge in [-0.15, -0.1) is 11.3 Å². The molecule has 0 aromatic carbocycles. The number of thiazole rings is 1. The topological polar surface area (TPSA) is 53.5 Å². The number of hydrogen-bond acceptors (Lipinski definition) is 5. The molecule has 0 unspecified atom stereocenters. The number of aromatic nitrogens is 1. The van der Waals surface area contributed by atoms with Gasteiger partial charge in [0.2, 0.25) is 10.0 Å². The molecule has 134 valence electrons. The van der Waals surface area contributed by atoms with Crippen LogP contribution in [0.4, 0.5) is 0 Å². The van der Waals surface area contributed by atoms with Crippen molar-refractivity contribution in [3.05, 3.63) is 16.1 Å². The van der Waals surface area contributed by atoms with E-state index in [1.165, 1.54) is 17.7 Å². The summed E-state index contributed by atoms with van der Waals surface area (Å²) in [7, 11) is -3.09. The predicted molar refractivity (Wildman–Crippen MR) is 96.5 cm³/mol. The van der Waals surface area contributed by atoms with E-state index in [0.717, 1.165) is 44.5 Å². The lowest BCUT2D eigenvalue weighted by Crippen LogP contribution is -2.41. The van der Waals surface area contributed by atoms with Gasteiger partial charge in [0.05, 0.1) is 17.0 Å². The molecule has 0 bridgehead atoms. The van der Waals surface area contributed by atoms with Crippen molar-refractivity contribution in [2.75, 3.05) is 18.8 Å². The summed E-state index contributed by atoms with van der Waals surface area (Å²) in [4.78, 5) is 8.15. The molecular weight excluding hydrogens is 342 g/mol. The first kappa shape index (κ1) is 16.9. The van der Waals surface area contributed by atoms with Crippen molar-refractivity contribution < 1.29 is 8.42 Å². The van der Waals surface area contributed by atoms with Gasteiger partial charge in [-0.05, 0) is 38.5 Å². The maximum atomic E-state index is 12.9. The van der Waals surface area contributed by atoms with Crippen molar-refractivity contribution in [1.82, 2.24) is 14.2 Å². The number of hydrogen-bond donors (Lipinski definition) is 0. The molecule has 3 fully saturated rings. The molecule has 0 N–H and O–H groups in total. The lowest BCUT2D eigenvalue weighted by atomic mass is 10.1. The molecule has 0 spiro atoms. The Morgan fingerprint density at radius 2 is 1.92 bits per heavy atom. The molecule has 0 amide bonds. The molecule has 2 atom stereocenters. The molecule has 4 rings (SSSR count). The van der Waals surface area contributed by atoms with Gasteiger partial charge in [-0.2, -0.15) is 4.31 Å². The minimum Gasteiger partial charge on any atom is -0.294 e. The van der Waals surface area contributed by atoms with E-state index in [1.54, 1.807) is 11.3 Å². The summed E-state index contributed by atoms with van der Waals surface area (Å²) < 4.78 is 27.7. The van der Waals surface area contributed by atoms with Gasteiger partial charge in [0.25, 0.3) is 0 Å². The van der Waals surface area contributed by atoms with Crippen LogP contribution in [0.1, 0.15) is 49.1 Å². The Bertz CT molecular complexity index is 682. The van der Waals surface area contributed by atoms with E-state index < -0.39 is 10.0 Å². The number of fused-ring (bicyclic) bond motifs is 1. The molecule has 0 radical (unpaired) electrons. The van der Waals surface area contributed by atoms with Crippen LogP contribution < -0.4 is 0 Å². The molecule has 3 heterocycles.